The molecule has 0 aliphatic carbocycles. The molecule has 4 N–H and O–H groups in total. The number of benzene rings is 2. The molecule has 0 unspecified atom stereocenters. The maximum atomic E-state index is 10.3. The van der Waals surface area contributed by atoms with Crippen LogP contribution < -0.4 is 9.47 Å². The van der Waals surface area contributed by atoms with Gasteiger partial charge >= 0.3 is 17.9 Å². The Morgan fingerprint density at radius 2 is 1.51 bits per heavy atom. The minimum Gasteiger partial charge on any atom is -0.481 e. The van der Waals surface area contributed by atoms with Gasteiger partial charge in [0.05, 0.1) is 19.4 Å². The van der Waals surface area contributed by atoms with Crippen LogP contribution in [0, 0.1) is 5.41 Å². The fourth-order valence-electron chi connectivity index (χ4n) is 5.36. The highest BCUT2D eigenvalue weighted by atomic mass is 16.7. The average molecular weight is 602 g/mol. The molecule has 0 bridgehead atoms. The third-order valence-electron chi connectivity index (χ3n) is 7.73. The summed E-state index contributed by atoms with van der Waals surface area (Å²) in [6, 6.07) is 17.2. The van der Waals surface area contributed by atoms with E-state index in [1.54, 1.807) is 0 Å². The zero-order valence-corrected chi connectivity index (χ0v) is 25.1. The molecule has 0 aromatic heterocycles. The molecule has 0 amide bonds. The summed E-state index contributed by atoms with van der Waals surface area (Å²) in [5.74, 6) is -3.87. The van der Waals surface area contributed by atoms with Crippen molar-refractivity contribution < 1.29 is 49.0 Å². The van der Waals surface area contributed by atoms with E-state index in [1.807, 2.05) is 19.9 Å². The Balaban J connectivity index is 0.000000331. The van der Waals surface area contributed by atoms with Gasteiger partial charge in [-0.3, -0.25) is 14.5 Å². The van der Waals surface area contributed by atoms with Crippen molar-refractivity contribution in [3.63, 3.8) is 0 Å². The number of nitrogens with zero attached hydrogens (tertiary/aromatic N) is 1. The first kappa shape index (κ1) is 33.8. The second-order valence-corrected chi connectivity index (χ2v) is 11.8. The van der Waals surface area contributed by atoms with E-state index in [1.165, 1.54) is 30.4 Å². The van der Waals surface area contributed by atoms with Crippen LogP contribution in [0.2, 0.25) is 0 Å². The van der Waals surface area contributed by atoms with Crippen molar-refractivity contribution in [2.24, 2.45) is 5.41 Å². The van der Waals surface area contributed by atoms with Crippen LogP contribution in [0.1, 0.15) is 64.0 Å². The maximum absolute atomic E-state index is 10.3. The molecule has 2 heterocycles. The molecule has 2 aromatic carbocycles. The molecule has 236 valence electrons. The van der Waals surface area contributed by atoms with Crippen LogP contribution in [0.25, 0.3) is 0 Å². The summed E-state index contributed by atoms with van der Waals surface area (Å²) in [6.07, 6.45) is 2.42. The van der Waals surface area contributed by atoms with Gasteiger partial charge in [-0.05, 0) is 74.4 Å². The number of carbonyl (C=O) groups is 3. The molecular weight excluding hydrogens is 558 g/mol. The van der Waals surface area contributed by atoms with Gasteiger partial charge in [0, 0.05) is 27.0 Å². The van der Waals surface area contributed by atoms with Gasteiger partial charge in [-0.1, -0.05) is 36.4 Å². The lowest BCUT2D eigenvalue weighted by atomic mass is 9.74. The third kappa shape index (κ3) is 10.2. The second-order valence-electron chi connectivity index (χ2n) is 11.8. The molecule has 1 saturated heterocycles. The van der Waals surface area contributed by atoms with Crippen molar-refractivity contribution in [2.45, 2.75) is 77.2 Å². The summed E-state index contributed by atoms with van der Waals surface area (Å²) >= 11 is 0. The van der Waals surface area contributed by atoms with Crippen LogP contribution in [0.5, 0.6) is 11.5 Å². The molecular formula is C32H43NO10. The lowest BCUT2D eigenvalue weighted by Crippen LogP contribution is -2.42. The van der Waals surface area contributed by atoms with E-state index in [0.29, 0.717) is 5.41 Å². The first-order valence-electron chi connectivity index (χ1n) is 14.5. The van der Waals surface area contributed by atoms with Crippen LogP contribution >= 0.6 is 0 Å². The van der Waals surface area contributed by atoms with E-state index in [-0.39, 0.29) is 0 Å². The molecule has 0 radical (unpaired) electrons. The Hall–Kier alpha value is -3.67. The maximum Gasteiger partial charge on any atom is 0.336 e. The molecule has 1 fully saturated rings. The van der Waals surface area contributed by atoms with Gasteiger partial charge in [-0.25, -0.2) is 4.79 Å². The van der Waals surface area contributed by atoms with Crippen molar-refractivity contribution in [1.29, 1.82) is 0 Å². The van der Waals surface area contributed by atoms with E-state index in [4.69, 9.17) is 34.6 Å². The number of hydrogen-bond acceptors (Lipinski definition) is 8. The molecule has 11 heteroatoms. The summed E-state index contributed by atoms with van der Waals surface area (Å²) < 4.78 is 17.7. The molecule has 2 aromatic rings. The average Bonchev–Trinajstić information content (AvgIpc) is 3.25. The predicted molar refractivity (Wildman–Crippen MR) is 157 cm³/mol. The van der Waals surface area contributed by atoms with Gasteiger partial charge in [0.25, 0.3) is 0 Å². The fourth-order valence-corrected chi connectivity index (χ4v) is 5.36. The lowest BCUT2D eigenvalue weighted by molar-refractivity contribution is -0.170. The standard InChI is InChI=1S/C26H35NO3.C6H8O7/c1-4-28-20-26(13-12-21-8-6-5-7-9-21)14-16-27(17-15-26)19-22-10-11-23-24(18-22)30-25(2,3)29-23;7-3(8)1-6(13,5(11)12)2-4(9)10/h5-11,18H,4,12-17,19-20H2,1-3H3;13H,1-2H2,(H,7,8)(H,9,10)(H,11,12). The largest absolute Gasteiger partial charge is 0.481 e. The van der Waals surface area contributed by atoms with E-state index in [9.17, 15) is 14.4 Å². The number of ether oxygens (including phenoxy) is 3. The second kappa shape index (κ2) is 14.7. The summed E-state index contributed by atoms with van der Waals surface area (Å²) in [5, 5.41) is 33.8. The van der Waals surface area contributed by atoms with Gasteiger partial charge in [0.1, 0.15) is 0 Å². The van der Waals surface area contributed by atoms with Crippen LogP contribution in [-0.2, 0) is 32.1 Å². The number of carboxylic acid groups (broad SMARTS) is 3. The Kier molecular flexibility index (Phi) is 11.5. The van der Waals surface area contributed by atoms with E-state index < -0.39 is 42.1 Å². The smallest absolute Gasteiger partial charge is 0.336 e. The van der Waals surface area contributed by atoms with Crippen LogP contribution in [-0.4, -0.2) is 80.9 Å². The Labute approximate surface area is 252 Å². The predicted octanol–water partition coefficient (Wildman–Crippen LogP) is 4.20. The van der Waals surface area contributed by atoms with Gasteiger partial charge < -0.3 is 34.6 Å². The minimum atomic E-state index is -2.74. The summed E-state index contributed by atoms with van der Waals surface area (Å²) in [7, 11) is 0. The van der Waals surface area contributed by atoms with Crippen molar-refractivity contribution >= 4 is 17.9 Å². The van der Waals surface area contributed by atoms with Crippen molar-refractivity contribution in [3.8, 4) is 11.5 Å². The summed E-state index contributed by atoms with van der Waals surface area (Å²) in [4.78, 5) is 33.0. The molecule has 0 saturated carbocycles. The zero-order chi connectivity index (χ0) is 31.7. The fraction of sp³-hybridized carbons (Fsp3) is 0.531. The van der Waals surface area contributed by atoms with E-state index in [2.05, 4.69) is 54.3 Å². The third-order valence-corrected chi connectivity index (χ3v) is 7.73. The highest BCUT2D eigenvalue weighted by Gasteiger charge is 2.41. The lowest BCUT2D eigenvalue weighted by Gasteiger charge is -2.42. The van der Waals surface area contributed by atoms with Gasteiger partial charge in [0.2, 0.25) is 5.79 Å². The Bertz CT molecular complexity index is 1220. The first-order valence-corrected chi connectivity index (χ1v) is 14.5. The Morgan fingerprint density at radius 1 is 0.907 bits per heavy atom. The minimum absolute atomic E-state index is 0.293. The van der Waals surface area contributed by atoms with Crippen LogP contribution in [0.3, 0.4) is 0 Å². The first-order chi connectivity index (χ1) is 20.2. The number of aryl methyl sites for hydroxylation is 1. The highest BCUT2D eigenvalue weighted by Crippen LogP contribution is 2.41. The van der Waals surface area contributed by atoms with E-state index in [0.717, 1.165) is 50.8 Å². The zero-order valence-electron chi connectivity index (χ0n) is 25.1. The summed E-state index contributed by atoms with van der Waals surface area (Å²) in [5.41, 5.74) is 0.273. The monoisotopic (exact) mass is 601 g/mol. The number of aliphatic hydroxyl groups is 1. The topological polar surface area (TPSA) is 163 Å². The number of fused-ring (bicyclic) bond motifs is 1. The number of hydrogen-bond donors (Lipinski definition) is 4. The number of carboxylic acids is 3. The van der Waals surface area contributed by atoms with Gasteiger partial charge in [-0.2, -0.15) is 0 Å². The molecule has 0 spiro atoms. The quantitative estimate of drug-likeness (QED) is 0.260. The summed E-state index contributed by atoms with van der Waals surface area (Å²) in [6.45, 7) is 10.9. The molecule has 4 rings (SSSR count). The SMILES string of the molecule is CCOCC1(CCc2ccccc2)CCN(Cc2ccc3c(c2)OC(C)(C)O3)CC1.O=C(O)CC(O)(CC(=O)O)C(=O)O. The van der Waals surface area contributed by atoms with E-state index >= 15 is 0 Å². The van der Waals surface area contributed by atoms with Gasteiger partial charge in [0.15, 0.2) is 17.1 Å². The van der Waals surface area contributed by atoms with Crippen LogP contribution in [0.15, 0.2) is 48.5 Å². The number of aliphatic carboxylic acids is 3. The van der Waals surface area contributed by atoms with Crippen molar-refractivity contribution in [3.05, 3.63) is 59.7 Å². The molecule has 2 aliphatic heterocycles. The van der Waals surface area contributed by atoms with Crippen molar-refractivity contribution in [2.75, 3.05) is 26.3 Å². The number of piperidine rings is 1. The van der Waals surface area contributed by atoms with Gasteiger partial charge in [-0.15, -0.1) is 0 Å². The molecule has 0 atom stereocenters. The van der Waals surface area contributed by atoms with Crippen molar-refractivity contribution in [1.82, 2.24) is 4.90 Å². The molecule has 43 heavy (non-hydrogen) atoms. The Morgan fingerprint density at radius 3 is 2.07 bits per heavy atom. The highest BCUT2D eigenvalue weighted by molar-refractivity contribution is 5.88. The van der Waals surface area contributed by atoms with Crippen LogP contribution in [0.4, 0.5) is 0 Å². The molecule has 2 aliphatic rings. The normalized spacial score (nSPS) is 17.0. The number of likely N-dealkylation sites (tertiary alicyclic amines) is 1. The number of rotatable bonds is 13. The molecule has 11 nitrogen and oxygen atoms in total.